The van der Waals surface area contributed by atoms with Crippen LogP contribution >= 0.6 is 11.8 Å². The van der Waals surface area contributed by atoms with Gasteiger partial charge in [0.05, 0.1) is 5.56 Å². The minimum Gasteiger partial charge on any atom is -0.334 e. The maximum absolute atomic E-state index is 12.9. The van der Waals surface area contributed by atoms with Gasteiger partial charge in [0, 0.05) is 18.8 Å². The smallest absolute Gasteiger partial charge is 0.334 e. The Labute approximate surface area is 140 Å². The predicted octanol–water partition coefficient (Wildman–Crippen LogP) is 2.77. The minimum atomic E-state index is -0.426. The number of H-pyrrole nitrogens is 1. The molecule has 0 bridgehead atoms. The van der Waals surface area contributed by atoms with Crippen LogP contribution in [0, 0.1) is 13.8 Å². The summed E-state index contributed by atoms with van der Waals surface area (Å²) in [5.41, 5.74) is 2.86. The third-order valence-electron chi connectivity index (χ3n) is 3.62. The number of benzene rings is 1. The van der Waals surface area contributed by atoms with Crippen molar-refractivity contribution in [3.8, 4) is 0 Å². The van der Waals surface area contributed by atoms with Gasteiger partial charge in [0.2, 0.25) is 0 Å². The number of hydrogen-bond acceptors (Lipinski definition) is 4. The van der Waals surface area contributed by atoms with Crippen molar-refractivity contribution in [2.75, 3.05) is 12.8 Å². The Bertz CT molecular complexity index is 771. The monoisotopic (exact) mass is 331 g/mol. The average molecular weight is 331 g/mol. The van der Waals surface area contributed by atoms with E-state index in [1.165, 1.54) is 11.8 Å². The van der Waals surface area contributed by atoms with Gasteiger partial charge in [-0.15, -0.1) is 11.8 Å². The summed E-state index contributed by atoms with van der Waals surface area (Å²) in [5.74, 6) is -0.111. The van der Waals surface area contributed by atoms with Gasteiger partial charge < -0.3 is 9.88 Å². The molecule has 0 aliphatic heterocycles. The molecule has 0 spiro atoms. The second kappa shape index (κ2) is 7.46. The van der Waals surface area contributed by atoms with Crippen LogP contribution in [0.5, 0.6) is 0 Å². The van der Waals surface area contributed by atoms with Crippen LogP contribution in [-0.2, 0) is 6.54 Å². The highest BCUT2D eigenvalue weighted by molar-refractivity contribution is 7.98. The molecule has 2 rings (SSSR count). The third kappa shape index (κ3) is 4.01. The van der Waals surface area contributed by atoms with Crippen molar-refractivity contribution in [1.82, 2.24) is 14.9 Å². The molecule has 0 radical (unpaired) electrons. The summed E-state index contributed by atoms with van der Waals surface area (Å²) in [5, 5.41) is 0.471. The molecule has 0 aliphatic carbocycles. The van der Waals surface area contributed by atoms with E-state index in [4.69, 9.17) is 0 Å². The van der Waals surface area contributed by atoms with E-state index in [-0.39, 0.29) is 5.91 Å². The van der Waals surface area contributed by atoms with Crippen LogP contribution < -0.4 is 5.69 Å². The number of hydrogen-bond donors (Lipinski definition) is 1. The van der Waals surface area contributed by atoms with Crippen LogP contribution in [0.2, 0.25) is 0 Å². The Balaban J connectivity index is 2.35. The molecule has 1 aromatic heterocycles. The third-order valence-corrected chi connectivity index (χ3v) is 4.30. The number of amides is 1. The van der Waals surface area contributed by atoms with Crippen molar-refractivity contribution in [1.29, 1.82) is 0 Å². The Morgan fingerprint density at radius 2 is 2.09 bits per heavy atom. The minimum absolute atomic E-state index is 0.111. The molecular weight excluding hydrogens is 310 g/mol. The number of aromatic nitrogens is 2. The number of nitrogens with one attached hydrogen (secondary N) is 1. The van der Waals surface area contributed by atoms with E-state index in [2.05, 4.69) is 16.0 Å². The molecule has 0 atom stereocenters. The molecule has 1 aromatic carbocycles. The second-order valence-corrected chi connectivity index (χ2v) is 6.15. The van der Waals surface area contributed by atoms with E-state index < -0.39 is 5.69 Å². The Hall–Kier alpha value is -2.08. The topological polar surface area (TPSA) is 66.1 Å². The van der Waals surface area contributed by atoms with E-state index in [0.29, 0.717) is 29.4 Å². The lowest BCUT2D eigenvalue weighted by Gasteiger charge is -2.22. The van der Waals surface area contributed by atoms with Crippen molar-refractivity contribution >= 4 is 17.7 Å². The van der Waals surface area contributed by atoms with Crippen LogP contribution in [0.15, 0.2) is 34.1 Å². The standard InChI is InChI=1S/C17H21N3O2S/c1-5-20(10-13-8-6-7-11(2)9-13)16(21)14-12(3)18-17(22)19-15(14)23-4/h6-9H,5,10H2,1-4H3,(H,18,19,22). The summed E-state index contributed by atoms with van der Waals surface area (Å²) in [7, 11) is 0. The van der Waals surface area contributed by atoms with Gasteiger partial charge in [0.1, 0.15) is 5.03 Å². The Morgan fingerprint density at radius 3 is 2.70 bits per heavy atom. The molecule has 122 valence electrons. The van der Waals surface area contributed by atoms with Crippen molar-refractivity contribution in [2.45, 2.75) is 32.3 Å². The summed E-state index contributed by atoms with van der Waals surface area (Å²) < 4.78 is 0. The van der Waals surface area contributed by atoms with Gasteiger partial charge in [-0.25, -0.2) is 4.79 Å². The molecular formula is C17H21N3O2S. The van der Waals surface area contributed by atoms with Crippen molar-refractivity contribution in [3.05, 3.63) is 57.1 Å². The van der Waals surface area contributed by atoms with Gasteiger partial charge in [0.25, 0.3) is 5.91 Å². The van der Waals surface area contributed by atoms with Crippen molar-refractivity contribution in [2.24, 2.45) is 0 Å². The lowest BCUT2D eigenvalue weighted by atomic mass is 10.1. The van der Waals surface area contributed by atoms with Crippen molar-refractivity contribution < 1.29 is 4.79 Å². The van der Waals surface area contributed by atoms with E-state index in [1.807, 2.05) is 38.3 Å². The zero-order chi connectivity index (χ0) is 17.0. The molecule has 5 nitrogen and oxygen atoms in total. The number of carbonyl (C=O) groups is 1. The van der Waals surface area contributed by atoms with E-state index in [0.717, 1.165) is 11.1 Å². The second-order valence-electron chi connectivity index (χ2n) is 5.36. The molecule has 0 fully saturated rings. The first kappa shape index (κ1) is 17.3. The van der Waals surface area contributed by atoms with Gasteiger partial charge in [-0.1, -0.05) is 29.8 Å². The fraction of sp³-hybridized carbons (Fsp3) is 0.353. The highest BCUT2D eigenvalue weighted by Crippen LogP contribution is 2.21. The summed E-state index contributed by atoms with van der Waals surface area (Å²) in [6, 6.07) is 8.10. The van der Waals surface area contributed by atoms with Crippen LogP contribution in [0.3, 0.4) is 0 Å². The predicted molar refractivity (Wildman–Crippen MR) is 93.0 cm³/mol. The van der Waals surface area contributed by atoms with Crippen LogP contribution in [0.1, 0.15) is 34.1 Å². The lowest BCUT2D eigenvalue weighted by Crippen LogP contribution is -2.32. The van der Waals surface area contributed by atoms with E-state index >= 15 is 0 Å². The highest BCUT2D eigenvalue weighted by atomic mass is 32.2. The molecule has 1 heterocycles. The van der Waals surface area contributed by atoms with Crippen LogP contribution in [-0.4, -0.2) is 33.6 Å². The van der Waals surface area contributed by atoms with Gasteiger partial charge in [-0.3, -0.25) is 4.79 Å². The zero-order valence-corrected chi connectivity index (χ0v) is 14.7. The summed E-state index contributed by atoms with van der Waals surface area (Å²) in [4.78, 5) is 32.7. The molecule has 0 saturated heterocycles. The van der Waals surface area contributed by atoms with Crippen LogP contribution in [0.4, 0.5) is 0 Å². The first-order chi connectivity index (χ1) is 11.0. The summed E-state index contributed by atoms with van der Waals surface area (Å²) >= 11 is 1.31. The van der Waals surface area contributed by atoms with Gasteiger partial charge in [-0.05, 0) is 32.6 Å². The molecule has 6 heteroatoms. The fourth-order valence-electron chi connectivity index (χ4n) is 2.48. The molecule has 2 aromatic rings. The number of thioether (sulfide) groups is 1. The Kier molecular flexibility index (Phi) is 5.60. The molecule has 1 N–H and O–H groups in total. The number of aryl methyl sites for hydroxylation is 2. The van der Waals surface area contributed by atoms with Crippen molar-refractivity contribution in [3.63, 3.8) is 0 Å². The summed E-state index contributed by atoms with van der Waals surface area (Å²) in [6.07, 6.45) is 1.81. The van der Waals surface area contributed by atoms with Crippen LogP contribution in [0.25, 0.3) is 0 Å². The quantitative estimate of drug-likeness (QED) is 0.676. The van der Waals surface area contributed by atoms with Gasteiger partial charge >= 0.3 is 5.69 Å². The SMILES string of the molecule is CCN(Cc1cccc(C)c1)C(=O)c1c(SC)nc(=O)[nH]c1C. The van der Waals surface area contributed by atoms with E-state index in [9.17, 15) is 9.59 Å². The maximum Gasteiger partial charge on any atom is 0.346 e. The maximum atomic E-state index is 12.9. The Morgan fingerprint density at radius 1 is 1.35 bits per heavy atom. The molecule has 23 heavy (non-hydrogen) atoms. The number of carbonyl (C=O) groups excluding carboxylic acids is 1. The largest absolute Gasteiger partial charge is 0.346 e. The summed E-state index contributed by atoms with van der Waals surface area (Å²) in [6.45, 7) is 6.82. The number of nitrogens with zero attached hydrogens (tertiary/aromatic N) is 2. The average Bonchev–Trinajstić information content (AvgIpc) is 2.51. The molecule has 0 unspecified atom stereocenters. The van der Waals surface area contributed by atoms with Gasteiger partial charge in [0.15, 0.2) is 0 Å². The fourth-order valence-corrected chi connectivity index (χ4v) is 3.09. The zero-order valence-electron chi connectivity index (χ0n) is 13.8. The highest BCUT2D eigenvalue weighted by Gasteiger charge is 2.22. The molecule has 0 saturated carbocycles. The lowest BCUT2D eigenvalue weighted by molar-refractivity contribution is 0.0746. The normalized spacial score (nSPS) is 10.6. The van der Waals surface area contributed by atoms with Gasteiger partial charge in [-0.2, -0.15) is 4.98 Å². The first-order valence-corrected chi connectivity index (χ1v) is 8.68. The molecule has 0 aliphatic rings. The number of aromatic amines is 1. The first-order valence-electron chi connectivity index (χ1n) is 7.46. The van der Waals surface area contributed by atoms with E-state index in [1.54, 1.807) is 11.8 Å². The molecule has 1 amide bonds. The number of rotatable bonds is 5.